The van der Waals surface area contributed by atoms with Gasteiger partial charge in [-0.1, -0.05) is 11.6 Å². The molecule has 0 aliphatic carbocycles. The molecule has 96 valence electrons. The summed E-state index contributed by atoms with van der Waals surface area (Å²) in [7, 11) is 1.68. The molecule has 0 aliphatic heterocycles. The number of guanidine groups is 1. The molecule has 7 heteroatoms. The van der Waals surface area contributed by atoms with E-state index in [0.717, 1.165) is 22.2 Å². The number of nitrogens with zero attached hydrogens (tertiary/aromatic N) is 1. The van der Waals surface area contributed by atoms with Crippen molar-refractivity contribution in [2.75, 3.05) is 20.3 Å². The third-order valence-corrected chi connectivity index (χ3v) is 3.19. The van der Waals surface area contributed by atoms with Crippen molar-refractivity contribution in [3.05, 3.63) is 21.3 Å². The van der Waals surface area contributed by atoms with Crippen LogP contribution in [0, 0.1) is 0 Å². The Kier molecular flexibility index (Phi) is 6.95. The van der Waals surface area contributed by atoms with E-state index >= 15 is 0 Å². The van der Waals surface area contributed by atoms with Gasteiger partial charge in [-0.15, -0.1) is 11.3 Å². The molecule has 17 heavy (non-hydrogen) atoms. The van der Waals surface area contributed by atoms with Crippen LogP contribution in [0.2, 0.25) is 4.34 Å². The maximum Gasteiger partial charge on any atom is 0.206 e. The highest BCUT2D eigenvalue weighted by Gasteiger charge is 1.98. The number of rotatable bonds is 6. The summed E-state index contributed by atoms with van der Waals surface area (Å²) >= 11 is 7.34. The lowest BCUT2D eigenvalue weighted by Gasteiger charge is -2.08. The summed E-state index contributed by atoms with van der Waals surface area (Å²) in [6.45, 7) is 2.04. The fraction of sp³-hybridized carbons (Fsp3) is 0.500. The molecule has 0 saturated carbocycles. The molecular formula is C10H17ClN4OS. The first-order valence-corrected chi connectivity index (χ1v) is 6.43. The number of nitrogens with one attached hydrogen (secondary N) is 2. The Morgan fingerprint density at radius 2 is 2.41 bits per heavy atom. The molecular weight excluding hydrogens is 260 g/mol. The molecule has 1 aromatic heterocycles. The number of hydrogen-bond donors (Lipinski definition) is 3. The van der Waals surface area contributed by atoms with E-state index in [1.54, 1.807) is 7.11 Å². The van der Waals surface area contributed by atoms with Gasteiger partial charge in [0.15, 0.2) is 0 Å². The van der Waals surface area contributed by atoms with Crippen molar-refractivity contribution < 1.29 is 4.74 Å². The van der Waals surface area contributed by atoms with E-state index in [1.165, 1.54) is 11.3 Å². The van der Waals surface area contributed by atoms with E-state index in [1.807, 2.05) is 12.1 Å². The zero-order chi connectivity index (χ0) is 12.5. The Bertz CT molecular complexity index is 356. The van der Waals surface area contributed by atoms with Crippen LogP contribution >= 0.6 is 22.9 Å². The molecule has 0 unspecified atom stereocenters. The third-order valence-electron chi connectivity index (χ3n) is 1.98. The van der Waals surface area contributed by atoms with Crippen molar-refractivity contribution in [2.24, 2.45) is 10.8 Å². The lowest BCUT2D eigenvalue weighted by molar-refractivity contribution is 0.195. The SMILES string of the molecule is COCCCNC(=NCc1ccc(Cl)s1)NN. The lowest BCUT2D eigenvalue weighted by atomic mass is 10.4. The predicted molar refractivity (Wildman–Crippen MR) is 72.3 cm³/mol. The van der Waals surface area contributed by atoms with Gasteiger partial charge in [0.2, 0.25) is 5.96 Å². The summed E-state index contributed by atoms with van der Waals surface area (Å²) in [6, 6.07) is 3.81. The third kappa shape index (κ3) is 5.88. The molecule has 0 saturated heterocycles. The molecule has 1 rings (SSSR count). The van der Waals surface area contributed by atoms with Crippen LogP contribution in [0.3, 0.4) is 0 Å². The van der Waals surface area contributed by atoms with Gasteiger partial charge in [0.1, 0.15) is 0 Å². The zero-order valence-electron chi connectivity index (χ0n) is 9.70. The van der Waals surface area contributed by atoms with Gasteiger partial charge >= 0.3 is 0 Å². The molecule has 0 amide bonds. The van der Waals surface area contributed by atoms with Gasteiger partial charge in [0, 0.05) is 25.1 Å². The molecule has 0 aliphatic rings. The van der Waals surface area contributed by atoms with Crippen LogP contribution < -0.4 is 16.6 Å². The van der Waals surface area contributed by atoms with Crippen LogP contribution in [0.25, 0.3) is 0 Å². The predicted octanol–water partition coefficient (Wildman–Crippen LogP) is 1.35. The van der Waals surface area contributed by atoms with Gasteiger partial charge in [-0.3, -0.25) is 5.43 Å². The van der Waals surface area contributed by atoms with Crippen LogP contribution in [0.4, 0.5) is 0 Å². The Labute approximate surface area is 110 Å². The summed E-state index contributed by atoms with van der Waals surface area (Å²) in [5.41, 5.74) is 2.53. The standard InChI is InChI=1S/C10H17ClN4OS/c1-16-6-2-5-13-10(15-12)14-7-8-3-4-9(11)17-8/h3-4H,2,5-7,12H2,1H3,(H2,13,14,15). The maximum atomic E-state index is 5.83. The largest absolute Gasteiger partial charge is 0.385 e. The van der Waals surface area contributed by atoms with Crippen LogP contribution in [-0.2, 0) is 11.3 Å². The molecule has 0 fully saturated rings. The molecule has 0 radical (unpaired) electrons. The van der Waals surface area contributed by atoms with Crippen molar-refractivity contribution in [1.29, 1.82) is 0 Å². The Morgan fingerprint density at radius 1 is 1.59 bits per heavy atom. The summed E-state index contributed by atoms with van der Waals surface area (Å²) in [4.78, 5) is 5.40. The second-order valence-electron chi connectivity index (χ2n) is 3.29. The number of ether oxygens (including phenoxy) is 1. The first-order chi connectivity index (χ1) is 8.26. The number of nitrogens with two attached hydrogens (primary N) is 1. The van der Waals surface area contributed by atoms with Gasteiger partial charge in [0.05, 0.1) is 10.9 Å². The quantitative estimate of drug-likeness (QED) is 0.241. The molecule has 0 bridgehead atoms. The molecule has 0 atom stereocenters. The smallest absolute Gasteiger partial charge is 0.206 e. The molecule has 1 aromatic rings. The summed E-state index contributed by atoms with van der Waals surface area (Å²) in [5.74, 6) is 5.93. The fourth-order valence-corrected chi connectivity index (χ4v) is 2.18. The van der Waals surface area contributed by atoms with Crippen molar-refractivity contribution in [3.63, 3.8) is 0 Å². The van der Waals surface area contributed by atoms with Crippen LogP contribution in [0.15, 0.2) is 17.1 Å². The van der Waals surface area contributed by atoms with Gasteiger partial charge < -0.3 is 10.1 Å². The molecule has 5 nitrogen and oxygen atoms in total. The van der Waals surface area contributed by atoms with Gasteiger partial charge in [-0.05, 0) is 18.6 Å². The summed E-state index contributed by atoms with van der Waals surface area (Å²) < 4.78 is 5.71. The van der Waals surface area contributed by atoms with Gasteiger partial charge in [-0.25, -0.2) is 10.8 Å². The van der Waals surface area contributed by atoms with Crippen molar-refractivity contribution >= 4 is 28.9 Å². The average Bonchev–Trinajstić information content (AvgIpc) is 2.74. The minimum Gasteiger partial charge on any atom is -0.385 e. The van der Waals surface area contributed by atoms with Crippen LogP contribution in [-0.4, -0.2) is 26.2 Å². The highest BCUT2D eigenvalue weighted by molar-refractivity contribution is 7.16. The fourth-order valence-electron chi connectivity index (χ4n) is 1.17. The lowest BCUT2D eigenvalue weighted by Crippen LogP contribution is -2.42. The number of methoxy groups -OCH3 is 1. The van der Waals surface area contributed by atoms with Crippen molar-refractivity contribution in [3.8, 4) is 0 Å². The number of halogens is 1. The minimum atomic E-state index is 0.564. The Balaban J connectivity index is 2.33. The second kappa shape index (κ2) is 8.30. The number of hydrogen-bond acceptors (Lipinski definition) is 4. The van der Waals surface area contributed by atoms with Crippen LogP contribution in [0.1, 0.15) is 11.3 Å². The van der Waals surface area contributed by atoms with Crippen molar-refractivity contribution in [1.82, 2.24) is 10.7 Å². The van der Waals surface area contributed by atoms with Crippen molar-refractivity contribution in [2.45, 2.75) is 13.0 Å². The number of thiophene rings is 1. The summed E-state index contributed by atoms with van der Waals surface area (Å²) in [6.07, 6.45) is 0.905. The topological polar surface area (TPSA) is 71.7 Å². The second-order valence-corrected chi connectivity index (χ2v) is 5.09. The monoisotopic (exact) mass is 276 g/mol. The molecule has 1 heterocycles. The Morgan fingerprint density at radius 3 is 3.00 bits per heavy atom. The number of hydrazine groups is 1. The van der Waals surface area contributed by atoms with Crippen LogP contribution in [0.5, 0.6) is 0 Å². The van der Waals surface area contributed by atoms with E-state index < -0.39 is 0 Å². The Hall–Kier alpha value is -0.820. The normalized spacial score (nSPS) is 11.6. The van der Waals surface area contributed by atoms with Gasteiger partial charge in [0.25, 0.3) is 0 Å². The van der Waals surface area contributed by atoms with E-state index in [-0.39, 0.29) is 0 Å². The number of aliphatic imine (C=N–C) groups is 1. The first-order valence-electron chi connectivity index (χ1n) is 5.24. The van der Waals surface area contributed by atoms with E-state index in [2.05, 4.69) is 15.7 Å². The average molecular weight is 277 g/mol. The summed E-state index contributed by atoms with van der Waals surface area (Å²) in [5, 5.41) is 3.09. The van der Waals surface area contributed by atoms with E-state index in [4.69, 9.17) is 22.2 Å². The first kappa shape index (κ1) is 14.2. The molecule has 0 aromatic carbocycles. The highest BCUT2D eigenvalue weighted by atomic mass is 35.5. The highest BCUT2D eigenvalue weighted by Crippen LogP contribution is 2.21. The minimum absolute atomic E-state index is 0.564. The zero-order valence-corrected chi connectivity index (χ0v) is 11.3. The molecule has 4 N–H and O–H groups in total. The van der Waals surface area contributed by atoms with Gasteiger partial charge in [-0.2, -0.15) is 0 Å². The van der Waals surface area contributed by atoms with E-state index in [9.17, 15) is 0 Å². The molecule has 0 spiro atoms. The van der Waals surface area contributed by atoms with E-state index in [0.29, 0.717) is 19.1 Å². The maximum absolute atomic E-state index is 5.83.